The quantitative estimate of drug-likeness (QED) is 0.535. The summed E-state index contributed by atoms with van der Waals surface area (Å²) in [6.45, 7) is 0.289. The molecule has 0 radical (unpaired) electrons. The van der Waals surface area contributed by atoms with Gasteiger partial charge in [-0.3, -0.25) is 9.59 Å². The van der Waals surface area contributed by atoms with Crippen LogP contribution in [0.5, 0.6) is 11.5 Å². The van der Waals surface area contributed by atoms with Crippen molar-refractivity contribution in [1.82, 2.24) is 20.0 Å². The number of amides is 3. The molecule has 3 heterocycles. The minimum Gasteiger partial charge on any atom is -0.491 e. The van der Waals surface area contributed by atoms with Crippen molar-refractivity contribution in [2.45, 2.75) is 31.3 Å². The van der Waals surface area contributed by atoms with Gasteiger partial charge in [0.2, 0.25) is 5.91 Å². The van der Waals surface area contributed by atoms with Crippen LogP contribution in [-0.4, -0.2) is 71.9 Å². The largest absolute Gasteiger partial charge is 0.491 e. The third kappa shape index (κ3) is 5.31. The van der Waals surface area contributed by atoms with Crippen molar-refractivity contribution in [3.63, 3.8) is 0 Å². The van der Waals surface area contributed by atoms with Crippen molar-refractivity contribution < 1.29 is 28.2 Å². The Morgan fingerprint density at radius 2 is 2.03 bits per heavy atom. The van der Waals surface area contributed by atoms with Crippen LogP contribution in [-0.2, 0) is 16.0 Å². The van der Waals surface area contributed by atoms with Gasteiger partial charge in [-0.2, -0.15) is 9.78 Å². The van der Waals surface area contributed by atoms with E-state index in [1.165, 1.54) is 23.2 Å². The summed E-state index contributed by atoms with van der Waals surface area (Å²) < 4.78 is 26.3. The van der Waals surface area contributed by atoms with E-state index in [4.69, 9.17) is 9.47 Å². The van der Waals surface area contributed by atoms with E-state index in [0.29, 0.717) is 36.6 Å². The smallest absolute Gasteiger partial charge is 0.342 e. The van der Waals surface area contributed by atoms with Gasteiger partial charge in [0.15, 0.2) is 0 Å². The molecule has 0 saturated carbocycles. The van der Waals surface area contributed by atoms with Crippen LogP contribution in [0.1, 0.15) is 24.0 Å². The number of ether oxygens (including phenoxy) is 2. The van der Waals surface area contributed by atoms with Crippen LogP contribution in [0.25, 0.3) is 0 Å². The van der Waals surface area contributed by atoms with Crippen LogP contribution in [0.4, 0.5) is 14.9 Å². The van der Waals surface area contributed by atoms with E-state index in [1.54, 1.807) is 55.5 Å². The van der Waals surface area contributed by atoms with E-state index in [9.17, 15) is 18.8 Å². The van der Waals surface area contributed by atoms with E-state index < -0.39 is 12.1 Å². The van der Waals surface area contributed by atoms with E-state index in [-0.39, 0.29) is 30.3 Å². The molecule has 0 spiro atoms. The molecule has 38 heavy (non-hydrogen) atoms. The first-order valence-corrected chi connectivity index (χ1v) is 12.3. The minimum absolute atomic E-state index is 0.00758. The number of carbonyl (C=O) groups is 3. The third-order valence-electron chi connectivity index (χ3n) is 6.84. The van der Waals surface area contributed by atoms with Crippen LogP contribution in [0.2, 0.25) is 0 Å². The Hall–Kier alpha value is -4.41. The van der Waals surface area contributed by atoms with Crippen LogP contribution >= 0.6 is 0 Å². The fraction of sp³-hybridized carbons (Fsp3) is 0.333. The van der Waals surface area contributed by atoms with Crippen molar-refractivity contribution in [3.05, 3.63) is 71.8 Å². The molecule has 2 aliphatic rings. The van der Waals surface area contributed by atoms with Crippen LogP contribution in [0.15, 0.2) is 54.9 Å². The molecule has 1 N–H and O–H groups in total. The molecule has 1 saturated heterocycles. The predicted octanol–water partition coefficient (Wildman–Crippen LogP) is 2.59. The van der Waals surface area contributed by atoms with Gasteiger partial charge in [0.25, 0.3) is 5.91 Å². The van der Waals surface area contributed by atoms with Gasteiger partial charge in [-0.1, -0.05) is 12.1 Å². The second kappa shape index (κ2) is 10.5. The molecule has 2 aromatic carbocycles. The molecule has 1 fully saturated rings. The molecular formula is C27H28FN5O5. The molecule has 5 rings (SSSR count). The maximum Gasteiger partial charge on any atom is 0.342 e. The van der Waals surface area contributed by atoms with Crippen molar-refractivity contribution >= 4 is 23.5 Å². The molecule has 3 amide bonds. The molecule has 0 aliphatic carbocycles. The number of hydrogen-bond acceptors (Lipinski definition) is 6. The highest BCUT2D eigenvalue weighted by atomic mass is 19.1. The number of carbonyl (C=O) groups excluding carboxylic acids is 3. The zero-order valence-corrected chi connectivity index (χ0v) is 21.1. The molecule has 1 aromatic heterocycles. The Labute approximate surface area is 218 Å². The number of rotatable bonds is 6. The highest BCUT2D eigenvalue weighted by Crippen LogP contribution is 2.34. The number of nitrogens with zero attached hydrogens (tertiary/aromatic N) is 4. The fourth-order valence-electron chi connectivity index (χ4n) is 4.58. The summed E-state index contributed by atoms with van der Waals surface area (Å²) in [6, 6.07) is 9.86. The van der Waals surface area contributed by atoms with E-state index in [1.807, 2.05) is 0 Å². The molecule has 198 valence electrons. The molecule has 10 nitrogen and oxygen atoms in total. The normalized spacial score (nSPS) is 19.1. The van der Waals surface area contributed by atoms with Crippen molar-refractivity contribution in [2.24, 2.45) is 0 Å². The summed E-state index contributed by atoms with van der Waals surface area (Å²) in [7, 11) is 3.37. The molecule has 0 unspecified atom stereocenters. The highest BCUT2D eigenvalue weighted by Gasteiger charge is 2.32. The van der Waals surface area contributed by atoms with Gasteiger partial charge in [0, 0.05) is 39.2 Å². The van der Waals surface area contributed by atoms with E-state index >= 15 is 0 Å². The molecule has 2 atom stereocenters. The van der Waals surface area contributed by atoms with E-state index in [2.05, 4.69) is 10.4 Å². The van der Waals surface area contributed by atoms with Gasteiger partial charge in [-0.25, -0.2) is 9.18 Å². The van der Waals surface area contributed by atoms with Crippen LogP contribution in [0.3, 0.4) is 0 Å². The number of anilines is 1. The lowest BCUT2D eigenvalue weighted by molar-refractivity contribution is -0.128. The summed E-state index contributed by atoms with van der Waals surface area (Å²) >= 11 is 0. The maximum absolute atomic E-state index is 13.5. The third-order valence-corrected chi connectivity index (χ3v) is 6.84. The number of fused-ring (bicyclic) bond motifs is 1. The monoisotopic (exact) mass is 521 g/mol. The summed E-state index contributed by atoms with van der Waals surface area (Å²) in [5, 5.41) is 6.76. The van der Waals surface area contributed by atoms with Crippen LogP contribution in [0, 0.1) is 5.82 Å². The van der Waals surface area contributed by atoms with Gasteiger partial charge < -0.3 is 24.6 Å². The molecule has 11 heteroatoms. The zero-order chi connectivity index (χ0) is 26.8. The molecular weight excluding hydrogens is 493 g/mol. The topological polar surface area (TPSA) is 106 Å². The van der Waals surface area contributed by atoms with Gasteiger partial charge >= 0.3 is 6.03 Å². The lowest BCUT2D eigenvalue weighted by Gasteiger charge is -2.22. The Balaban J connectivity index is 1.22. The first-order chi connectivity index (χ1) is 18.3. The second-order valence-corrected chi connectivity index (χ2v) is 9.45. The number of benzene rings is 2. The summed E-state index contributed by atoms with van der Waals surface area (Å²) in [5.74, 6) is 0.438. The zero-order valence-electron chi connectivity index (χ0n) is 21.1. The highest BCUT2D eigenvalue weighted by molar-refractivity contribution is 6.00. The van der Waals surface area contributed by atoms with Crippen molar-refractivity contribution in [1.29, 1.82) is 0 Å². The predicted molar refractivity (Wildman–Crippen MR) is 136 cm³/mol. The summed E-state index contributed by atoms with van der Waals surface area (Å²) in [5.41, 5.74) is 1.99. The van der Waals surface area contributed by atoms with Gasteiger partial charge in [0.1, 0.15) is 36.6 Å². The van der Waals surface area contributed by atoms with Crippen molar-refractivity contribution in [3.8, 4) is 11.5 Å². The molecule has 3 aromatic rings. The average Bonchev–Trinajstić information content (AvgIpc) is 3.48. The van der Waals surface area contributed by atoms with Gasteiger partial charge in [-0.05, 0) is 41.8 Å². The molecule has 2 aliphatic heterocycles. The standard InChI is InChI=1S/C27H28FN5O5/c1-31-20(6-9-25(31)34)15-37-21-7-8-24-23(12-21)32(2)26(35)22(16-38-24)30-27(36)33-14-18(13-29-33)10-17-4-3-5-19(28)11-17/h3-5,7-8,11-14,20,22H,6,9-10,15-16H2,1-2H3,(H,30,36)/t20-,22+/m1/s1. The van der Waals surface area contributed by atoms with E-state index in [0.717, 1.165) is 22.2 Å². The SMILES string of the molecule is CN1C(=O)[C@@H](NC(=O)n2cc(Cc3cccc(F)c3)cn2)COc2ccc(OC[C@H]3CCC(=O)N3C)cc21. The number of nitrogens with one attached hydrogen (secondary N) is 1. The first kappa shape index (κ1) is 25.2. The fourth-order valence-corrected chi connectivity index (χ4v) is 4.58. The Kier molecular flexibility index (Phi) is 6.99. The maximum atomic E-state index is 13.5. The second-order valence-electron chi connectivity index (χ2n) is 9.45. The van der Waals surface area contributed by atoms with Crippen molar-refractivity contribution in [2.75, 3.05) is 32.2 Å². The first-order valence-electron chi connectivity index (χ1n) is 12.3. The Morgan fingerprint density at radius 1 is 1.18 bits per heavy atom. The van der Waals surface area contributed by atoms with Crippen LogP contribution < -0.4 is 19.7 Å². The average molecular weight is 522 g/mol. The Bertz CT molecular complexity index is 1380. The summed E-state index contributed by atoms with van der Waals surface area (Å²) in [6.07, 6.45) is 4.73. The molecule has 0 bridgehead atoms. The van der Waals surface area contributed by atoms with Gasteiger partial charge in [-0.15, -0.1) is 0 Å². The number of aromatic nitrogens is 2. The van der Waals surface area contributed by atoms with Gasteiger partial charge in [0.05, 0.1) is 17.9 Å². The number of halogens is 1. The summed E-state index contributed by atoms with van der Waals surface area (Å²) in [4.78, 5) is 40.9. The Morgan fingerprint density at radius 3 is 2.79 bits per heavy atom. The number of likely N-dealkylation sites (tertiary alicyclic amines) is 1. The lowest BCUT2D eigenvalue weighted by atomic mass is 10.1. The lowest BCUT2D eigenvalue weighted by Crippen LogP contribution is -2.50. The minimum atomic E-state index is -0.946. The number of hydrogen-bond donors (Lipinski definition) is 1. The number of likely N-dealkylation sites (N-methyl/N-ethyl adjacent to an activating group) is 2.